The van der Waals surface area contributed by atoms with Gasteiger partial charge in [0, 0.05) is 22.9 Å². The maximum atomic E-state index is 14.4. The molecule has 29 heavy (non-hydrogen) atoms. The molecule has 1 fully saturated rings. The molecule has 1 aliphatic carbocycles. The minimum absolute atomic E-state index is 0.0465. The van der Waals surface area contributed by atoms with E-state index in [2.05, 4.69) is 20.9 Å². The molecule has 1 aliphatic heterocycles. The van der Waals surface area contributed by atoms with Crippen molar-refractivity contribution in [3.8, 4) is 0 Å². The van der Waals surface area contributed by atoms with Crippen LogP contribution in [0.3, 0.4) is 0 Å². The molecule has 0 aromatic heterocycles. The highest BCUT2D eigenvalue weighted by molar-refractivity contribution is 9.10. The van der Waals surface area contributed by atoms with Crippen LogP contribution in [0.4, 0.5) is 4.39 Å². The van der Waals surface area contributed by atoms with Gasteiger partial charge in [-0.2, -0.15) is 0 Å². The Kier molecular flexibility index (Phi) is 5.07. The summed E-state index contributed by atoms with van der Waals surface area (Å²) >= 11 is 3.31. The molecular formula is C21H22BrFN2O3S. The molecule has 2 aliphatic rings. The van der Waals surface area contributed by atoms with Gasteiger partial charge in [-0.3, -0.25) is 4.99 Å². The summed E-state index contributed by atoms with van der Waals surface area (Å²) in [6.45, 7) is 2.02. The molecule has 5 nitrogen and oxygen atoms in total. The fourth-order valence-electron chi connectivity index (χ4n) is 4.16. The van der Waals surface area contributed by atoms with Crippen LogP contribution in [0.15, 0.2) is 58.0 Å². The van der Waals surface area contributed by atoms with Crippen molar-refractivity contribution in [2.45, 2.75) is 42.8 Å². The number of nitrogens with zero attached hydrogens (tertiary/aromatic N) is 1. The SMILES string of the molecule is C[C@@]1(c2cc(Br)ccc2F)CS(=O)(=O)C2(CC(OCc3ccccc3)C2)C(N)=N1. The Hall–Kier alpha value is -1.77. The molecule has 0 radical (unpaired) electrons. The first kappa shape index (κ1) is 20.5. The van der Waals surface area contributed by atoms with Crippen molar-refractivity contribution in [1.29, 1.82) is 0 Å². The lowest BCUT2D eigenvalue weighted by Crippen LogP contribution is -2.66. The standard InChI is InChI=1S/C21H22BrFN2O3S/c1-20(17-9-15(22)7-8-18(17)23)13-29(26,27)21(19(24)25-20)10-16(11-21)28-12-14-5-3-2-4-6-14/h2-9,16H,10-13H2,1H3,(H2,24,25)/t16?,20-,21?/m0/s1. The normalized spacial score (nSPS) is 30.6. The van der Waals surface area contributed by atoms with E-state index in [1.54, 1.807) is 19.1 Å². The van der Waals surface area contributed by atoms with E-state index in [9.17, 15) is 12.8 Å². The lowest BCUT2D eigenvalue weighted by Gasteiger charge is -2.50. The third kappa shape index (κ3) is 3.51. The number of hydrogen-bond acceptors (Lipinski definition) is 5. The van der Waals surface area contributed by atoms with Gasteiger partial charge in [0.1, 0.15) is 21.9 Å². The average Bonchev–Trinajstić information content (AvgIpc) is 2.61. The van der Waals surface area contributed by atoms with Gasteiger partial charge in [-0.1, -0.05) is 46.3 Å². The molecule has 1 heterocycles. The lowest BCUT2D eigenvalue weighted by atomic mass is 9.79. The van der Waals surface area contributed by atoms with Crippen LogP contribution >= 0.6 is 15.9 Å². The van der Waals surface area contributed by atoms with E-state index in [0.29, 0.717) is 11.1 Å². The van der Waals surface area contributed by atoms with Crippen LogP contribution in [0.25, 0.3) is 0 Å². The molecule has 154 valence electrons. The topological polar surface area (TPSA) is 81.8 Å². The summed E-state index contributed by atoms with van der Waals surface area (Å²) in [5.41, 5.74) is 6.18. The van der Waals surface area contributed by atoms with Crippen LogP contribution in [0.2, 0.25) is 0 Å². The van der Waals surface area contributed by atoms with Gasteiger partial charge in [0.2, 0.25) is 0 Å². The quantitative estimate of drug-likeness (QED) is 0.722. The number of sulfone groups is 1. The molecule has 0 amide bonds. The first-order valence-electron chi connectivity index (χ1n) is 9.34. The second kappa shape index (κ2) is 7.18. The van der Waals surface area contributed by atoms with E-state index in [4.69, 9.17) is 10.5 Å². The van der Waals surface area contributed by atoms with Crippen LogP contribution in [-0.2, 0) is 26.7 Å². The molecule has 1 saturated carbocycles. The summed E-state index contributed by atoms with van der Waals surface area (Å²) in [5, 5.41) is 0. The minimum atomic E-state index is -3.65. The number of nitrogens with two attached hydrogens (primary N) is 1. The maximum absolute atomic E-state index is 14.4. The van der Waals surface area contributed by atoms with Crippen LogP contribution in [0.5, 0.6) is 0 Å². The van der Waals surface area contributed by atoms with Gasteiger partial charge in [-0.05, 0) is 30.7 Å². The number of hydrogen-bond donors (Lipinski definition) is 1. The summed E-state index contributed by atoms with van der Waals surface area (Å²) in [7, 11) is -3.65. The molecule has 4 rings (SSSR count). The largest absolute Gasteiger partial charge is 0.386 e. The zero-order valence-electron chi connectivity index (χ0n) is 15.9. The van der Waals surface area contributed by atoms with Crippen molar-refractivity contribution in [3.63, 3.8) is 0 Å². The van der Waals surface area contributed by atoms with E-state index < -0.39 is 25.9 Å². The fraction of sp³-hybridized carbons (Fsp3) is 0.381. The first-order valence-corrected chi connectivity index (χ1v) is 11.8. The van der Waals surface area contributed by atoms with Crippen molar-refractivity contribution in [1.82, 2.24) is 0 Å². The molecular weight excluding hydrogens is 459 g/mol. The van der Waals surface area contributed by atoms with Gasteiger partial charge in [0.25, 0.3) is 0 Å². The maximum Gasteiger partial charge on any atom is 0.166 e. The number of benzene rings is 2. The molecule has 0 bridgehead atoms. The van der Waals surface area contributed by atoms with Crippen molar-refractivity contribution in [2.75, 3.05) is 5.75 Å². The Balaban J connectivity index is 1.56. The first-order chi connectivity index (χ1) is 13.7. The molecule has 0 unspecified atom stereocenters. The van der Waals surface area contributed by atoms with Crippen molar-refractivity contribution in [2.24, 2.45) is 10.7 Å². The van der Waals surface area contributed by atoms with Crippen molar-refractivity contribution in [3.05, 3.63) is 69.9 Å². The summed E-state index contributed by atoms with van der Waals surface area (Å²) in [5.74, 6) is -0.749. The number of ether oxygens (including phenoxy) is 1. The van der Waals surface area contributed by atoms with Crippen molar-refractivity contribution >= 4 is 31.6 Å². The summed E-state index contributed by atoms with van der Waals surface area (Å²) in [6.07, 6.45) is 0.342. The molecule has 0 saturated heterocycles. The third-order valence-electron chi connectivity index (χ3n) is 5.85. The number of aliphatic imine (C=N–C) groups is 1. The highest BCUT2D eigenvalue weighted by Crippen LogP contribution is 2.48. The van der Waals surface area contributed by atoms with Crippen molar-refractivity contribution < 1.29 is 17.5 Å². The molecule has 8 heteroatoms. The zero-order valence-corrected chi connectivity index (χ0v) is 18.3. The summed E-state index contributed by atoms with van der Waals surface area (Å²) in [4.78, 5) is 4.51. The number of amidine groups is 1. The van der Waals surface area contributed by atoms with Gasteiger partial charge in [0.15, 0.2) is 9.84 Å². The molecule has 1 spiro atoms. The van der Waals surface area contributed by atoms with Gasteiger partial charge < -0.3 is 10.5 Å². The lowest BCUT2D eigenvalue weighted by molar-refractivity contribution is -0.0178. The van der Waals surface area contributed by atoms with E-state index >= 15 is 0 Å². The Morgan fingerprint density at radius 2 is 1.93 bits per heavy atom. The average molecular weight is 481 g/mol. The number of rotatable bonds is 4. The third-order valence-corrected chi connectivity index (χ3v) is 9.02. The van der Waals surface area contributed by atoms with E-state index in [-0.39, 0.29) is 36.1 Å². The number of halogens is 2. The Morgan fingerprint density at radius 1 is 1.24 bits per heavy atom. The Bertz CT molecular complexity index is 1070. The highest BCUT2D eigenvalue weighted by atomic mass is 79.9. The second-order valence-corrected chi connectivity index (χ2v) is 11.2. The monoisotopic (exact) mass is 480 g/mol. The second-order valence-electron chi connectivity index (χ2n) is 7.98. The van der Waals surface area contributed by atoms with Crippen LogP contribution in [0.1, 0.15) is 30.9 Å². The fourth-order valence-corrected chi connectivity index (χ4v) is 7.00. The Labute approximate surface area is 178 Å². The van der Waals surface area contributed by atoms with E-state index in [1.165, 1.54) is 6.07 Å². The van der Waals surface area contributed by atoms with Gasteiger partial charge in [0.05, 0.1) is 18.5 Å². The van der Waals surface area contributed by atoms with Gasteiger partial charge in [-0.15, -0.1) is 0 Å². The zero-order chi connectivity index (χ0) is 20.9. The molecule has 1 atom stereocenters. The van der Waals surface area contributed by atoms with Gasteiger partial charge in [-0.25, -0.2) is 12.8 Å². The highest BCUT2D eigenvalue weighted by Gasteiger charge is 2.61. The van der Waals surface area contributed by atoms with Gasteiger partial charge >= 0.3 is 0 Å². The molecule has 2 aromatic rings. The summed E-state index contributed by atoms with van der Waals surface area (Å²) in [6, 6.07) is 14.1. The molecule has 2 aromatic carbocycles. The van der Waals surface area contributed by atoms with Crippen LogP contribution in [0, 0.1) is 5.82 Å². The summed E-state index contributed by atoms with van der Waals surface area (Å²) < 4.78 is 46.2. The Morgan fingerprint density at radius 3 is 2.59 bits per heavy atom. The molecule has 2 N–H and O–H groups in total. The van der Waals surface area contributed by atoms with Crippen LogP contribution in [-0.4, -0.2) is 30.9 Å². The van der Waals surface area contributed by atoms with Crippen LogP contribution < -0.4 is 5.73 Å². The smallest absolute Gasteiger partial charge is 0.166 e. The minimum Gasteiger partial charge on any atom is -0.386 e. The predicted octanol–water partition coefficient (Wildman–Crippen LogP) is 3.71. The predicted molar refractivity (Wildman–Crippen MR) is 114 cm³/mol. The van der Waals surface area contributed by atoms with E-state index in [0.717, 1.165) is 5.56 Å². The van der Waals surface area contributed by atoms with E-state index in [1.807, 2.05) is 30.3 Å².